The van der Waals surface area contributed by atoms with Gasteiger partial charge in [-0.15, -0.1) is 0 Å². The predicted molar refractivity (Wildman–Crippen MR) is 100 cm³/mol. The molecule has 1 unspecified atom stereocenters. The van der Waals surface area contributed by atoms with Crippen LogP contribution in [0.25, 0.3) is 10.8 Å². The molecule has 4 rings (SSSR count). The molecule has 2 aliphatic rings. The van der Waals surface area contributed by atoms with Crippen LogP contribution in [0.2, 0.25) is 0 Å². The van der Waals surface area contributed by atoms with Crippen LogP contribution < -0.4 is 0 Å². The zero-order valence-electron chi connectivity index (χ0n) is 14.7. The van der Waals surface area contributed by atoms with Gasteiger partial charge in [-0.25, -0.2) is 0 Å². The van der Waals surface area contributed by atoms with Gasteiger partial charge < -0.3 is 4.84 Å². The van der Waals surface area contributed by atoms with E-state index < -0.39 is 0 Å². The summed E-state index contributed by atoms with van der Waals surface area (Å²) < 4.78 is 0. The van der Waals surface area contributed by atoms with E-state index in [-0.39, 0.29) is 0 Å². The minimum Gasteiger partial charge on any atom is -0.399 e. The van der Waals surface area contributed by atoms with Gasteiger partial charge in [-0.2, -0.15) is 0 Å². The van der Waals surface area contributed by atoms with Gasteiger partial charge in [-0.1, -0.05) is 61.0 Å². The van der Waals surface area contributed by atoms with Crippen LogP contribution in [0.1, 0.15) is 50.5 Å². The minimum absolute atomic E-state index is 0.551. The topological polar surface area (TPSA) is 21.6 Å². The molecule has 0 aromatic heterocycles. The fourth-order valence-electron chi connectivity index (χ4n) is 5.25. The third kappa shape index (κ3) is 2.72. The Kier molecular flexibility index (Phi) is 4.30. The molecule has 2 saturated carbocycles. The predicted octanol–water partition coefficient (Wildman–Crippen LogP) is 5.77. The monoisotopic (exact) mass is 321 g/mol. The fourth-order valence-corrected chi connectivity index (χ4v) is 5.25. The molecular weight excluding hydrogens is 294 g/mol. The average molecular weight is 321 g/mol. The van der Waals surface area contributed by atoms with Crippen molar-refractivity contribution in [3.63, 3.8) is 0 Å². The SMILES string of the molecule is CCC(=NOC)[C@@H]1[C@@H]2CCC(C2)C[C@H]1c1ccc2ccccc2c1. The normalized spacial score (nSPS) is 29.8. The van der Waals surface area contributed by atoms with Gasteiger partial charge in [-0.3, -0.25) is 0 Å². The molecule has 0 amide bonds. The van der Waals surface area contributed by atoms with E-state index in [1.54, 1.807) is 7.11 Å². The molecule has 2 fully saturated rings. The maximum Gasteiger partial charge on any atom is 0.106 e. The van der Waals surface area contributed by atoms with Crippen molar-refractivity contribution >= 4 is 16.5 Å². The van der Waals surface area contributed by atoms with E-state index in [1.165, 1.54) is 47.7 Å². The highest BCUT2D eigenvalue weighted by molar-refractivity contribution is 5.88. The van der Waals surface area contributed by atoms with Crippen molar-refractivity contribution in [2.75, 3.05) is 7.11 Å². The van der Waals surface area contributed by atoms with E-state index in [1.807, 2.05) is 0 Å². The Hall–Kier alpha value is -1.83. The number of oxime groups is 1. The maximum atomic E-state index is 5.20. The molecule has 2 nitrogen and oxygen atoms in total. The lowest BCUT2D eigenvalue weighted by atomic mass is 9.67. The first-order chi connectivity index (χ1) is 11.8. The summed E-state index contributed by atoms with van der Waals surface area (Å²) in [4.78, 5) is 5.20. The average Bonchev–Trinajstić information content (AvgIpc) is 3.01. The zero-order chi connectivity index (χ0) is 16.5. The van der Waals surface area contributed by atoms with Crippen LogP contribution in [0.4, 0.5) is 0 Å². The molecule has 0 radical (unpaired) electrons. The van der Waals surface area contributed by atoms with Crippen molar-refractivity contribution in [2.45, 2.75) is 44.9 Å². The van der Waals surface area contributed by atoms with Gasteiger partial charge in [-0.05, 0) is 59.8 Å². The van der Waals surface area contributed by atoms with Crippen LogP contribution >= 0.6 is 0 Å². The Balaban J connectivity index is 1.75. The Morgan fingerprint density at radius 2 is 1.92 bits per heavy atom. The van der Waals surface area contributed by atoms with Gasteiger partial charge in [0.25, 0.3) is 0 Å². The van der Waals surface area contributed by atoms with Crippen LogP contribution in [0.15, 0.2) is 47.6 Å². The molecule has 2 aromatic rings. The number of hydrogen-bond donors (Lipinski definition) is 0. The standard InChI is InChI=1S/C22H27NO/c1-3-21(23-24-2)22-19-9-8-15(12-19)13-20(22)18-11-10-16-6-4-5-7-17(16)14-18/h4-7,10-11,14-15,19-20,22H,3,8-9,12-13H2,1-2H3/t15?,19-,20+,22-/m1/s1. The summed E-state index contributed by atoms with van der Waals surface area (Å²) in [5.41, 5.74) is 2.76. The second-order valence-corrected chi connectivity index (χ2v) is 7.53. The van der Waals surface area contributed by atoms with E-state index in [0.717, 1.165) is 18.3 Å². The third-order valence-electron chi connectivity index (χ3n) is 6.27. The minimum atomic E-state index is 0.551. The third-order valence-corrected chi connectivity index (χ3v) is 6.27. The molecule has 2 aliphatic carbocycles. The van der Waals surface area contributed by atoms with E-state index in [2.05, 4.69) is 54.5 Å². The first-order valence-electron chi connectivity index (χ1n) is 9.38. The van der Waals surface area contributed by atoms with Gasteiger partial charge in [0.15, 0.2) is 0 Å². The summed E-state index contributed by atoms with van der Waals surface area (Å²) in [5, 5.41) is 7.12. The van der Waals surface area contributed by atoms with E-state index >= 15 is 0 Å². The zero-order valence-corrected chi connectivity index (χ0v) is 14.7. The van der Waals surface area contributed by atoms with E-state index in [0.29, 0.717) is 11.8 Å². The van der Waals surface area contributed by atoms with Crippen LogP contribution in [0, 0.1) is 17.8 Å². The van der Waals surface area contributed by atoms with Gasteiger partial charge >= 0.3 is 0 Å². The molecule has 2 bridgehead atoms. The van der Waals surface area contributed by atoms with Gasteiger partial charge in [0.1, 0.15) is 7.11 Å². The van der Waals surface area contributed by atoms with Gasteiger partial charge in [0.05, 0.1) is 5.71 Å². The lowest BCUT2D eigenvalue weighted by Gasteiger charge is -2.37. The summed E-state index contributed by atoms with van der Waals surface area (Å²) in [5.74, 6) is 2.84. The summed E-state index contributed by atoms with van der Waals surface area (Å²) in [6, 6.07) is 15.7. The molecule has 0 aliphatic heterocycles. The van der Waals surface area contributed by atoms with Crippen LogP contribution in [0.3, 0.4) is 0 Å². The fraction of sp³-hybridized carbons (Fsp3) is 0.500. The van der Waals surface area contributed by atoms with Crippen molar-refractivity contribution < 1.29 is 4.84 Å². The number of benzene rings is 2. The van der Waals surface area contributed by atoms with Crippen molar-refractivity contribution in [1.29, 1.82) is 0 Å². The Bertz CT molecular complexity index is 750. The molecule has 0 heterocycles. The highest BCUT2D eigenvalue weighted by atomic mass is 16.6. The van der Waals surface area contributed by atoms with Crippen molar-refractivity contribution in [3.8, 4) is 0 Å². The molecule has 2 heteroatoms. The van der Waals surface area contributed by atoms with Crippen LogP contribution in [0.5, 0.6) is 0 Å². The Labute approximate surface area is 144 Å². The maximum absolute atomic E-state index is 5.20. The molecule has 24 heavy (non-hydrogen) atoms. The molecule has 2 aromatic carbocycles. The first kappa shape index (κ1) is 15.7. The highest BCUT2D eigenvalue weighted by Gasteiger charge is 2.44. The first-order valence-corrected chi connectivity index (χ1v) is 9.38. The summed E-state index contributed by atoms with van der Waals surface area (Å²) in [6.45, 7) is 2.22. The number of fused-ring (bicyclic) bond motifs is 3. The molecule has 0 N–H and O–H groups in total. The summed E-state index contributed by atoms with van der Waals surface area (Å²) >= 11 is 0. The second kappa shape index (κ2) is 6.58. The number of hydrogen-bond acceptors (Lipinski definition) is 2. The van der Waals surface area contributed by atoms with Crippen LogP contribution in [-0.4, -0.2) is 12.8 Å². The lowest BCUT2D eigenvalue weighted by molar-refractivity contribution is 0.200. The molecule has 126 valence electrons. The number of nitrogens with zero attached hydrogens (tertiary/aromatic N) is 1. The van der Waals surface area contributed by atoms with Crippen molar-refractivity contribution in [2.24, 2.45) is 22.9 Å². The Morgan fingerprint density at radius 1 is 1.08 bits per heavy atom. The number of rotatable bonds is 4. The smallest absolute Gasteiger partial charge is 0.106 e. The summed E-state index contributed by atoms with van der Waals surface area (Å²) in [6.07, 6.45) is 6.45. The highest BCUT2D eigenvalue weighted by Crippen LogP contribution is 2.53. The molecule has 0 saturated heterocycles. The van der Waals surface area contributed by atoms with Crippen molar-refractivity contribution in [1.82, 2.24) is 0 Å². The summed E-state index contributed by atoms with van der Waals surface area (Å²) in [7, 11) is 1.68. The van der Waals surface area contributed by atoms with Gasteiger partial charge in [0.2, 0.25) is 0 Å². The Morgan fingerprint density at radius 3 is 2.71 bits per heavy atom. The molecule has 0 spiro atoms. The van der Waals surface area contributed by atoms with Gasteiger partial charge in [0, 0.05) is 5.92 Å². The van der Waals surface area contributed by atoms with Crippen molar-refractivity contribution in [3.05, 3.63) is 48.0 Å². The molecule has 4 atom stereocenters. The molecular formula is C22H27NO. The second-order valence-electron chi connectivity index (χ2n) is 7.53. The quantitative estimate of drug-likeness (QED) is 0.517. The van der Waals surface area contributed by atoms with Crippen LogP contribution in [-0.2, 0) is 4.84 Å². The lowest BCUT2D eigenvalue weighted by Crippen LogP contribution is -2.32. The van der Waals surface area contributed by atoms with E-state index in [9.17, 15) is 0 Å². The largest absolute Gasteiger partial charge is 0.399 e. The van der Waals surface area contributed by atoms with E-state index in [4.69, 9.17) is 4.84 Å².